The molecule has 1 fully saturated rings. The highest BCUT2D eigenvalue weighted by Crippen LogP contribution is 2.31. The Balaban J connectivity index is 1.47. The van der Waals surface area contributed by atoms with Gasteiger partial charge in [-0.2, -0.15) is 10.2 Å². The van der Waals surface area contributed by atoms with Crippen LogP contribution in [0.1, 0.15) is 36.9 Å². The predicted molar refractivity (Wildman–Crippen MR) is 96.2 cm³/mol. The zero-order chi connectivity index (χ0) is 17.2. The second-order valence-corrected chi connectivity index (χ2v) is 6.74. The maximum atomic E-state index is 11.4. The molecule has 0 radical (unpaired) electrons. The first-order chi connectivity index (χ1) is 12.2. The van der Waals surface area contributed by atoms with Crippen molar-refractivity contribution in [3.8, 4) is 0 Å². The van der Waals surface area contributed by atoms with E-state index in [1.54, 1.807) is 6.20 Å². The summed E-state index contributed by atoms with van der Waals surface area (Å²) in [5.41, 5.74) is 4.19. The van der Waals surface area contributed by atoms with E-state index in [1.165, 1.54) is 12.5 Å². The average Bonchev–Trinajstić information content (AvgIpc) is 3.23. The Morgan fingerprint density at radius 2 is 2.20 bits per heavy atom. The maximum absolute atomic E-state index is 11.4. The Labute approximate surface area is 145 Å². The van der Waals surface area contributed by atoms with E-state index < -0.39 is 0 Å². The zero-order valence-corrected chi connectivity index (χ0v) is 14.2. The number of carbonyl (C=O) groups is 1. The van der Waals surface area contributed by atoms with Gasteiger partial charge in [-0.25, -0.2) is 0 Å². The molecule has 2 aromatic heterocycles. The number of aromatic amines is 2. The van der Waals surface area contributed by atoms with Gasteiger partial charge in [0.05, 0.1) is 29.3 Å². The molecule has 4 rings (SSSR count). The van der Waals surface area contributed by atoms with Crippen LogP contribution in [0, 0.1) is 0 Å². The highest BCUT2D eigenvalue weighted by atomic mass is 16.1. The number of H-pyrrole nitrogens is 2. The molecule has 1 amide bonds. The lowest BCUT2D eigenvalue weighted by molar-refractivity contribution is -0.114. The second kappa shape index (κ2) is 6.68. The van der Waals surface area contributed by atoms with E-state index in [2.05, 4.69) is 48.8 Å². The molecule has 7 heteroatoms. The van der Waals surface area contributed by atoms with Crippen LogP contribution in [0.5, 0.6) is 0 Å². The minimum absolute atomic E-state index is 0.0665. The van der Waals surface area contributed by atoms with Crippen LogP contribution in [-0.4, -0.2) is 44.3 Å². The number of anilines is 1. The molecule has 3 aromatic rings. The van der Waals surface area contributed by atoms with Crippen molar-refractivity contribution in [2.45, 2.75) is 32.2 Å². The van der Waals surface area contributed by atoms with Crippen LogP contribution in [0.3, 0.4) is 0 Å². The summed E-state index contributed by atoms with van der Waals surface area (Å²) in [7, 11) is 0. The fourth-order valence-corrected chi connectivity index (χ4v) is 3.67. The predicted octanol–water partition coefficient (Wildman–Crippen LogP) is 2.62. The number of aromatic nitrogens is 4. The summed E-state index contributed by atoms with van der Waals surface area (Å²) >= 11 is 0. The van der Waals surface area contributed by atoms with Gasteiger partial charge in [0.25, 0.3) is 0 Å². The molecule has 0 bridgehead atoms. The van der Waals surface area contributed by atoms with E-state index in [0.717, 1.165) is 54.8 Å². The molecule has 1 unspecified atom stereocenters. The van der Waals surface area contributed by atoms with Gasteiger partial charge in [-0.3, -0.25) is 19.9 Å². The van der Waals surface area contributed by atoms with Crippen molar-refractivity contribution in [2.75, 3.05) is 18.4 Å². The van der Waals surface area contributed by atoms with Crippen LogP contribution in [-0.2, 0) is 11.3 Å². The highest BCUT2D eigenvalue weighted by Gasteiger charge is 2.25. The average molecular weight is 338 g/mol. The number of hydrogen-bond acceptors (Lipinski definition) is 4. The van der Waals surface area contributed by atoms with E-state index in [9.17, 15) is 4.79 Å². The molecule has 1 atom stereocenters. The highest BCUT2D eigenvalue weighted by molar-refractivity contribution is 5.89. The van der Waals surface area contributed by atoms with E-state index in [1.807, 2.05) is 6.20 Å². The Morgan fingerprint density at radius 3 is 3.08 bits per heavy atom. The van der Waals surface area contributed by atoms with Crippen LogP contribution in [0.2, 0.25) is 0 Å². The van der Waals surface area contributed by atoms with Crippen LogP contribution in [0.15, 0.2) is 30.6 Å². The summed E-state index contributed by atoms with van der Waals surface area (Å²) in [6.07, 6.45) is 5.78. The van der Waals surface area contributed by atoms with Crippen molar-refractivity contribution in [3.63, 3.8) is 0 Å². The molecule has 1 aliphatic heterocycles. The molecule has 1 aliphatic rings. The molecule has 130 valence electrons. The molecule has 3 N–H and O–H groups in total. The van der Waals surface area contributed by atoms with Gasteiger partial charge in [0.1, 0.15) is 0 Å². The van der Waals surface area contributed by atoms with Gasteiger partial charge >= 0.3 is 0 Å². The van der Waals surface area contributed by atoms with Crippen LogP contribution in [0.4, 0.5) is 5.69 Å². The third-order valence-electron chi connectivity index (χ3n) is 4.81. The number of piperidine rings is 1. The molecular formula is C18H22N6O. The summed E-state index contributed by atoms with van der Waals surface area (Å²) in [5, 5.41) is 18.3. The largest absolute Gasteiger partial charge is 0.323 e. The fraction of sp³-hybridized carbons (Fsp3) is 0.389. The Hall–Kier alpha value is -2.67. The first-order valence-electron chi connectivity index (χ1n) is 8.64. The van der Waals surface area contributed by atoms with Gasteiger partial charge in [-0.15, -0.1) is 0 Å². The summed E-state index contributed by atoms with van der Waals surface area (Å²) in [5.74, 6) is 0.289. The number of amides is 1. The van der Waals surface area contributed by atoms with Gasteiger partial charge in [-0.1, -0.05) is 12.1 Å². The summed E-state index contributed by atoms with van der Waals surface area (Å²) < 4.78 is 0. The minimum Gasteiger partial charge on any atom is -0.323 e. The third kappa shape index (κ3) is 3.41. The zero-order valence-electron chi connectivity index (χ0n) is 14.2. The fourth-order valence-electron chi connectivity index (χ4n) is 3.67. The van der Waals surface area contributed by atoms with Gasteiger partial charge in [0, 0.05) is 31.3 Å². The van der Waals surface area contributed by atoms with Crippen molar-refractivity contribution >= 4 is 22.5 Å². The van der Waals surface area contributed by atoms with E-state index in [-0.39, 0.29) is 5.91 Å². The summed E-state index contributed by atoms with van der Waals surface area (Å²) in [4.78, 5) is 13.8. The topological polar surface area (TPSA) is 89.7 Å². The van der Waals surface area contributed by atoms with Gasteiger partial charge < -0.3 is 5.32 Å². The van der Waals surface area contributed by atoms with Gasteiger partial charge in [-0.05, 0) is 31.0 Å². The molecule has 7 nitrogen and oxygen atoms in total. The molecule has 0 aliphatic carbocycles. The van der Waals surface area contributed by atoms with Gasteiger partial charge in [0.15, 0.2) is 0 Å². The van der Waals surface area contributed by atoms with Crippen molar-refractivity contribution < 1.29 is 4.79 Å². The molecule has 3 heterocycles. The molecular weight excluding hydrogens is 316 g/mol. The molecule has 1 aromatic carbocycles. The number of rotatable bonds is 4. The number of hydrogen-bond donors (Lipinski definition) is 3. The Bertz CT molecular complexity index is 882. The monoisotopic (exact) mass is 338 g/mol. The number of nitrogens with one attached hydrogen (secondary N) is 3. The first kappa shape index (κ1) is 15.8. The lowest BCUT2D eigenvalue weighted by atomic mass is 9.93. The minimum atomic E-state index is -0.0665. The lowest BCUT2D eigenvalue weighted by Crippen LogP contribution is -2.34. The SMILES string of the molecule is CC(=O)Nc1cn[nH]c1C1CCCN(Cc2ccc3cn[nH]c3c2)C1. The molecule has 0 spiro atoms. The standard InChI is InChI=1S/C18H22N6O/c1-12(25)21-17-9-20-23-18(17)15-3-2-6-24(11-15)10-13-4-5-14-8-19-22-16(14)7-13/h4-5,7-9,15H,2-3,6,10-11H2,1H3,(H,19,22)(H,20,23)(H,21,25). The quantitative estimate of drug-likeness (QED) is 0.682. The number of fused-ring (bicyclic) bond motifs is 1. The van der Waals surface area contributed by atoms with Crippen molar-refractivity contribution in [3.05, 3.63) is 41.9 Å². The van der Waals surface area contributed by atoms with E-state index in [0.29, 0.717) is 5.92 Å². The van der Waals surface area contributed by atoms with Crippen LogP contribution >= 0.6 is 0 Å². The smallest absolute Gasteiger partial charge is 0.221 e. The number of benzene rings is 1. The Morgan fingerprint density at radius 1 is 1.32 bits per heavy atom. The second-order valence-electron chi connectivity index (χ2n) is 6.74. The normalized spacial score (nSPS) is 18.5. The Kier molecular flexibility index (Phi) is 4.23. The third-order valence-corrected chi connectivity index (χ3v) is 4.81. The number of carbonyl (C=O) groups excluding carboxylic acids is 1. The van der Waals surface area contributed by atoms with Crippen molar-refractivity contribution in [1.29, 1.82) is 0 Å². The molecule has 0 saturated carbocycles. The van der Waals surface area contributed by atoms with Crippen LogP contribution in [0.25, 0.3) is 10.9 Å². The first-order valence-corrected chi connectivity index (χ1v) is 8.64. The van der Waals surface area contributed by atoms with Gasteiger partial charge in [0.2, 0.25) is 5.91 Å². The summed E-state index contributed by atoms with van der Waals surface area (Å²) in [6, 6.07) is 6.45. The van der Waals surface area contributed by atoms with Crippen molar-refractivity contribution in [2.24, 2.45) is 0 Å². The maximum Gasteiger partial charge on any atom is 0.221 e. The number of nitrogens with zero attached hydrogens (tertiary/aromatic N) is 3. The van der Waals surface area contributed by atoms with E-state index in [4.69, 9.17) is 0 Å². The van der Waals surface area contributed by atoms with Crippen molar-refractivity contribution in [1.82, 2.24) is 25.3 Å². The summed E-state index contributed by atoms with van der Waals surface area (Å²) in [6.45, 7) is 4.47. The van der Waals surface area contributed by atoms with E-state index >= 15 is 0 Å². The molecule has 25 heavy (non-hydrogen) atoms. The number of likely N-dealkylation sites (tertiary alicyclic amines) is 1. The van der Waals surface area contributed by atoms with Crippen LogP contribution < -0.4 is 5.32 Å². The molecule has 1 saturated heterocycles. The lowest BCUT2D eigenvalue weighted by Gasteiger charge is -2.32.